The van der Waals surface area contributed by atoms with Gasteiger partial charge in [-0.3, -0.25) is 14.4 Å². The zero-order valence-corrected chi connectivity index (χ0v) is 18.6. The Kier molecular flexibility index (Phi) is 6.02. The molecule has 0 aliphatic carbocycles. The van der Waals surface area contributed by atoms with Crippen molar-refractivity contribution in [3.05, 3.63) is 89.5 Å². The van der Waals surface area contributed by atoms with Crippen LogP contribution in [0.15, 0.2) is 52.1 Å². The monoisotopic (exact) mass is 469 g/mol. The number of carbonyl (C=O) groups is 1. The van der Waals surface area contributed by atoms with Crippen molar-refractivity contribution in [3.8, 4) is 11.5 Å². The van der Waals surface area contributed by atoms with E-state index in [9.17, 15) is 14.4 Å². The number of ether oxygens (including phenoxy) is 2. The third kappa shape index (κ3) is 4.53. The zero-order valence-electron chi connectivity index (χ0n) is 17.0. The third-order valence-electron chi connectivity index (χ3n) is 4.47. The molecule has 0 unspecified atom stereocenters. The molecule has 2 aromatic heterocycles. The molecule has 32 heavy (non-hydrogen) atoms. The minimum atomic E-state index is -0.486. The van der Waals surface area contributed by atoms with Crippen LogP contribution >= 0.6 is 22.9 Å². The topological polar surface area (TPSA) is 99.9 Å². The third-order valence-corrected chi connectivity index (χ3v) is 5.69. The van der Waals surface area contributed by atoms with Crippen molar-refractivity contribution in [1.29, 1.82) is 0 Å². The van der Waals surface area contributed by atoms with Crippen molar-refractivity contribution < 1.29 is 14.3 Å². The lowest BCUT2D eigenvalue weighted by Crippen LogP contribution is -2.28. The summed E-state index contributed by atoms with van der Waals surface area (Å²) in [5.74, 6) is 0.151. The van der Waals surface area contributed by atoms with E-state index in [-0.39, 0.29) is 22.8 Å². The molecule has 0 saturated heterocycles. The van der Waals surface area contributed by atoms with E-state index < -0.39 is 17.1 Å². The Morgan fingerprint density at radius 2 is 1.91 bits per heavy atom. The number of thiazole rings is 1. The van der Waals surface area contributed by atoms with E-state index in [1.165, 1.54) is 14.0 Å². The van der Waals surface area contributed by atoms with Crippen molar-refractivity contribution in [2.24, 2.45) is 0 Å². The van der Waals surface area contributed by atoms with E-state index in [0.29, 0.717) is 20.9 Å². The molecule has 0 N–H and O–H groups in total. The molecule has 0 fully saturated rings. The van der Waals surface area contributed by atoms with Gasteiger partial charge in [0.05, 0.1) is 11.6 Å². The van der Waals surface area contributed by atoms with E-state index in [1.54, 1.807) is 48.5 Å². The first-order valence-corrected chi connectivity index (χ1v) is 10.6. The molecule has 4 rings (SSSR count). The molecule has 162 valence electrons. The molecular formula is C22H16ClN3O5S. The number of methoxy groups -OCH3 is 1. The molecule has 0 aliphatic rings. The van der Waals surface area contributed by atoms with Gasteiger partial charge in [-0.1, -0.05) is 41.1 Å². The standard InChI is InChI=1S/C22H16ClN3O5S/c1-12(27)31-17-8-5-14(10-18(17)30-2)11-19-21(29)26-22(32-19)24-20(28)16(25-26)9-13-3-6-15(23)7-4-13/h3-8,10-11H,9H2,1-2H3/b19-11+. The predicted octanol–water partition coefficient (Wildman–Crippen LogP) is 2.24. The number of nitrogens with zero attached hydrogens (tertiary/aromatic N) is 3. The SMILES string of the molecule is COc1cc(/C=c2/sc3nc(=O)c(Cc4ccc(Cl)cc4)nn3c2=O)ccc1OC(C)=O. The lowest BCUT2D eigenvalue weighted by molar-refractivity contribution is -0.132. The molecule has 0 bridgehead atoms. The highest BCUT2D eigenvalue weighted by molar-refractivity contribution is 7.15. The minimum absolute atomic E-state index is 0.165. The smallest absolute Gasteiger partial charge is 0.308 e. The van der Waals surface area contributed by atoms with Gasteiger partial charge >= 0.3 is 5.97 Å². The van der Waals surface area contributed by atoms with Crippen LogP contribution in [0.3, 0.4) is 0 Å². The van der Waals surface area contributed by atoms with Gasteiger partial charge < -0.3 is 9.47 Å². The Bertz CT molecular complexity index is 1500. The van der Waals surface area contributed by atoms with Gasteiger partial charge in [0.2, 0.25) is 4.96 Å². The van der Waals surface area contributed by atoms with E-state index in [2.05, 4.69) is 10.1 Å². The molecule has 0 amide bonds. The number of halogens is 1. The second kappa shape index (κ2) is 8.89. The average Bonchev–Trinajstić information content (AvgIpc) is 3.05. The summed E-state index contributed by atoms with van der Waals surface area (Å²) in [4.78, 5) is 40.7. The molecule has 2 heterocycles. The number of benzene rings is 2. The normalized spacial score (nSPS) is 11.7. The molecule has 0 radical (unpaired) electrons. The maximum atomic E-state index is 12.9. The molecule has 4 aromatic rings. The lowest BCUT2D eigenvalue weighted by atomic mass is 10.1. The fraction of sp³-hybridized carbons (Fsp3) is 0.136. The fourth-order valence-electron chi connectivity index (χ4n) is 3.01. The molecule has 2 aromatic carbocycles. The van der Waals surface area contributed by atoms with Gasteiger partial charge in [-0.25, -0.2) is 0 Å². The summed E-state index contributed by atoms with van der Waals surface area (Å²) in [6.07, 6.45) is 1.86. The van der Waals surface area contributed by atoms with Crippen molar-refractivity contribution in [3.63, 3.8) is 0 Å². The van der Waals surface area contributed by atoms with Crippen LogP contribution in [0.5, 0.6) is 11.5 Å². The summed E-state index contributed by atoms with van der Waals surface area (Å²) in [5.41, 5.74) is 0.762. The molecule has 0 spiro atoms. The first-order valence-electron chi connectivity index (χ1n) is 9.39. The highest BCUT2D eigenvalue weighted by atomic mass is 35.5. The van der Waals surface area contributed by atoms with Gasteiger partial charge in [0.15, 0.2) is 11.5 Å². The molecule has 0 aliphatic heterocycles. The van der Waals surface area contributed by atoms with Crippen LogP contribution in [0.1, 0.15) is 23.7 Å². The zero-order chi connectivity index (χ0) is 22.8. The summed E-state index contributed by atoms with van der Waals surface area (Å²) in [7, 11) is 1.45. The molecular weight excluding hydrogens is 454 g/mol. The largest absolute Gasteiger partial charge is 0.493 e. The van der Waals surface area contributed by atoms with Crippen molar-refractivity contribution in [2.75, 3.05) is 7.11 Å². The van der Waals surface area contributed by atoms with Gasteiger partial charge in [0.25, 0.3) is 11.1 Å². The van der Waals surface area contributed by atoms with Crippen LogP contribution in [-0.2, 0) is 11.2 Å². The Morgan fingerprint density at radius 1 is 1.16 bits per heavy atom. The number of esters is 1. The number of fused-ring (bicyclic) bond motifs is 1. The number of carbonyl (C=O) groups excluding carboxylic acids is 1. The second-order valence-electron chi connectivity index (χ2n) is 6.78. The van der Waals surface area contributed by atoms with Gasteiger partial charge in [-0.05, 0) is 41.5 Å². The first kappa shape index (κ1) is 21.7. The fourth-order valence-corrected chi connectivity index (χ4v) is 4.04. The van der Waals surface area contributed by atoms with Crippen molar-refractivity contribution in [2.45, 2.75) is 13.3 Å². The maximum Gasteiger partial charge on any atom is 0.308 e. The van der Waals surface area contributed by atoms with Crippen LogP contribution < -0.4 is 25.1 Å². The van der Waals surface area contributed by atoms with Gasteiger partial charge in [0, 0.05) is 18.4 Å². The van der Waals surface area contributed by atoms with Gasteiger partial charge in [0.1, 0.15) is 5.69 Å². The molecule has 0 atom stereocenters. The van der Waals surface area contributed by atoms with E-state index in [4.69, 9.17) is 21.1 Å². The van der Waals surface area contributed by atoms with Crippen LogP contribution in [0.4, 0.5) is 0 Å². The highest BCUT2D eigenvalue weighted by Crippen LogP contribution is 2.28. The lowest BCUT2D eigenvalue weighted by Gasteiger charge is -2.08. The van der Waals surface area contributed by atoms with E-state index in [1.807, 2.05) is 0 Å². The second-order valence-corrected chi connectivity index (χ2v) is 8.23. The highest BCUT2D eigenvalue weighted by Gasteiger charge is 2.13. The molecule has 8 nitrogen and oxygen atoms in total. The summed E-state index contributed by atoms with van der Waals surface area (Å²) in [5, 5.41) is 4.83. The number of hydrogen-bond acceptors (Lipinski definition) is 8. The number of rotatable bonds is 5. The number of aromatic nitrogens is 3. The van der Waals surface area contributed by atoms with Gasteiger partial charge in [-0.15, -0.1) is 0 Å². The Morgan fingerprint density at radius 3 is 2.59 bits per heavy atom. The summed E-state index contributed by atoms with van der Waals surface area (Å²) >= 11 is 6.95. The van der Waals surface area contributed by atoms with Crippen molar-refractivity contribution in [1.82, 2.24) is 14.6 Å². The van der Waals surface area contributed by atoms with E-state index in [0.717, 1.165) is 21.4 Å². The predicted molar refractivity (Wildman–Crippen MR) is 121 cm³/mol. The Balaban J connectivity index is 1.74. The van der Waals surface area contributed by atoms with Crippen LogP contribution in [0.2, 0.25) is 5.02 Å². The summed E-state index contributed by atoms with van der Waals surface area (Å²) in [6, 6.07) is 11.9. The van der Waals surface area contributed by atoms with Gasteiger partial charge in [-0.2, -0.15) is 14.6 Å². The quantitative estimate of drug-likeness (QED) is 0.326. The molecule has 0 saturated carbocycles. The maximum absolute atomic E-state index is 12.9. The van der Waals surface area contributed by atoms with Crippen LogP contribution in [-0.4, -0.2) is 27.7 Å². The first-order chi connectivity index (χ1) is 15.3. The van der Waals surface area contributed by atoms with Crippen LogP contribution in [0.25, 0.3) is 11.0 Å². The van der Waals surface area contributed by atoms with Crippen molar-refractivity contribution >= 4 is 39.9 Å². The summed E-state index contributed by atoms with van der Waals surface area (Å²) < 4.78 is 11.8. The minimum Gasteiger partial charge on any atom is -0.493 e. The molecule has 10 heteroatoms. The Labute approximate surface area is 190 Å². The van der Waals surface area contributed by atoms with E-state index >= 15 is 0 Å². The number of hydrogen-bond donors (Lipinski definition) is 0. The summed E-state index contributed by atoms with van der Waals surface area (Å²) in [6.45, 7) is 1.29. The van der Waals surface area contributed by atoms with Crippen LogP contribution in [0, 0.1) is 0 Å². The average molecular weight is 470 g/mol. The Hall–Kier alpha value is -3.56.